The Morgan fingerprint density at radius 3 is 2.09 bits per heavy atom. The van der Waals surface area contributed by atoms with Crippen LogP contribution in [0, 0.1) is 4.77 Å². The van der Waals surface area contributed by atoms with Crippen LogP contribution in [0.1, 0.15) is 35.3 Å². The fourth-order valence-electron chi connectivity index (χ4n) is 5.19. The van der Waals surface area contributed by atoms with E-state index in [0.29, 0.717) is 17.9 Å². The van der Waals surface area contributed by atoms with Gasteiger partial charge in [-0.05, 0) is 29.8 Å². The van der Waals surface area contributed by atoms with E-state index in [9.17, 15) is 8.42 Å². The van der Waals surface area contributed by atoms with E-state index in [1.165, 1.54) is 11.1 Å². The summed E-state index contributed by atoms with van der Waals surface area (Å²) in [6.07, 6.45) is 0.626. The predicted molar refractivity (Wildman–Crippen MR) is 136 cm³/mol. The predicted octanol–water partition coefficient (Wildman–Crippen LogP) is 3.22. The monoisotopic (exact) mass is 497 g/mol. The zero-order valence-electron chi connectivity index (χ0n) is 19.5. The van der Waals surface area contributed by atoms with Crippen LogP contribution in [0.15, 0.2) is 60.7 Å². The topological polar surface area (TPSA) is 63.4 Å². The summed E-state index contributed by atoms with van der Waals surface area (Å²) in [5.41, 5.74) is 2.62. The zero-order valence-corrected chi connectivity index (χ0v) is 21.1. The molecule has 2 aliphatic heterocycles. The third-order valence-corrected chi connectivity index (χ3v) is 9.26. The summed E-state index contributed by atoms with van der Waals surface area (Å²) in [6.45, 7) is 4.36. The number of hydrogen-bond donors (Lipinski definition) is 0. The van der Waals surface area contributed by atoms with E-state index in [4.69, 9.17) is 17.3 Å². The SMILES string of the molecule is Cn1c(C2CCS(=O)(=O)C2)nn(CN2CCN(C(c3ccccc3)c3ccccc3)CC2)c1=S. The molecule has 0 N–H and O–H groups in total. The average molecular weight is 498 g/mol. The van der Waals surface area contributed by atoms with Crippen LogP contribution in [0.5, 0.6) is 0 Å². The van der Waals surface area contributed by atoms with Crippen molar-refractivity contribution >= 4 is 22.1 Å². The van der Waals surface area contributed by atoms with Gasteiger partial charge < -0.3 is 4.57 Å². The van der Waals surface area contributed by atoms with Gasteiger partial charge >= 0.3 is 0 Å². The lowest BCUT2D eigenvalue weighted by atomic mass is 9.96. The molecule has 0 saturated carbocycles. The molecule has 2 aliphatic rings. The molecule has 2 saturated heterocycles. The molecule has 34 heavy (non-hydrogen) atoms. The fraction of sp³-hybridized carbons (Fsp3) is 0.440. The van der Waals surface area contributed by atoms with Crippen LogP contribution in [-0.2, 0) is 23.6 Å². The van der Waals surface area contributed by atoms with Crippen LogP contribution in [-0.4, -0.2) is 70.2 Å². The van der Waals surface area contributed by atoms with Gasteiger partial charge in [0.15, 0.2) is 14.6 Å². The Labute approximate surface area is 206 Å². The van der Waals surface area contributed by atoms with E-state index in [2.05, 4.69) is 70.5 Å². The van der Waals surface area contributed by atoms with Gasteiger partial charge in [-0.2, -0.15) is 5.10 Å². The van der Waals surface area contributed by atoms with E-state index < -0.39 is 9.84 Å². The smallest absolute Gasteiger partial charge is 0.198 e. The second-order valence-electron chi connectivity index (χ2n) is 9.32. The van der Waals surface area contributed by atoms with Crippen LogP contribution in [0.2, 0.25) is 0 Å². The molecule has 180 valence electrons. The molecule has 3 heterocycles. The highest BCUT2D eigenvalue weighted by Crippen LogP contribution is 2.30. The molecular formula is C25H31N5O2S2. The van der Waals surface area contributed by atoms with Crippen molar-refractivity contribution < 1.29 is 8.42 Å². The standard InChI is InChI=1S/C25H31N5O2S2/c1-27-24(22-12-17-34(31,32)18-22)26-30(25(27)33)19-28-13-15-29(16-14-28)23(20-8-4-2-5-9-20)21-10-6-3-7-11-21/h2-11,22-23H,12-19H2,1H3. The summed E-state index contributed by atoms with van der Waals surface area (Å²) >= 11 is 5.64. The number of rotatable bonds is 6. The van der Waals surface area contributed by atoms with Crippen molar-refractivity contribution in [2.75, 3.05) is 37.7 Å². The van der Waals surface area contributed by atoms with Gasteiger partial charge in [0, 0.05) is 39.1 Å². The van der Waals surface area contributed by atoms with Crippen molar-refractivity contribution in [1.82, 2.24) is 24.1 Å². The van der Waals surface area contributed by atoms with Crippen molar-refractivity contribution in [3.05, 3.63) is 82.4 Å². The largest absolute Gasteiger partial charge is 0.307 e. The molecule has 0 amide bonds. The van der Waals surface area contributed by atoms with E-state index in [0.717, 1.165) is 32.0 Å². The third-order valence-electron chi connectivity index (χ3n) is 7.01. The van der Waals surface area contributed by atoms with Gasteiger partial charge in [0.05, 0.1) is 24.2 Å². The molecular weight excluding hydrogens is 466 g/mol. The quantitative estimate of drug-likeness (QED) is 0.488. The highest BCUT2D eigenvalue weighted by Gasteiger charge is 2.33. The van der Waals surface area contributed by atoms with Gasteiger partial charge in [0.2, 0.25) is 0 Å². The maximum Gasteiger partial charge on any atom is 0.198 e. The first-order chi connectivity index (χ1) is 16.4. The zero-order chi connectivity index (χ0) is 23.7. The molecule has 0 bridgehead atoms. The Kier molecular flexibility index (Phi) is 6.70. The van der Waals surface area contributed by atoms with Crippen LogP contribution >= 0.6 is 12.2 Å². The molecule has 5 rings (SSSR count). The minimum atomic E-state index is -2.96. The molecule has 3 aromatic rings. The third kappa shape index (κ3) is 4.88. The van der Waals surface area contributed by atoms with Gasteiger partial charge in [0.25, 0.3) is 0 Å². The van der Waals surface area contributed by atoms with Gasteiger partial charge in [-0.3, -0.25) is 9.80 Å². The minimum absolute atomic E-state index is 0.0627. The number of aromatic nitrogens is 3. The first-order valence-electron chi connectivity index (χ1n) is 11.8. The van der Waals surface area contributed by atoms with E-state index in [1.807, 2.05) is 16.3 Å². The highest BCUT2D eigenvalue weighted by molar-refractivity contribution is 7.91. The van der Waals surface area contributed by atoms with Crippen molar-refractivity contribution in [2.24, 2.45) is 7.05 Å². The molecule has 1 unspecified atom stereocenters. The summed E-state index contributed by atoms with van der Waals surface area (Å²) < 4.78 is 28.3. The Hall–Kier alpha value is -2.33. The molecule has 7 nitrogen and oxygen atoms in total. The average Bonchev–Trinajstić information content (AvgIpc) is 3.35. The van der Waals surface area contributed by atoms with Crippen LogP contribution in [0.3, 0.4) is 0 Å². The number of sulfone groups is 1. The van der Waals surface area contributed by atoms with Crippen molar-refractivity contribution in [1.29, 1.82) is 0 Å². The number of piperazine rings is 1. The first-order valence-corrected chi connectivity index (χ1v) is 14.0. The van der Waals surface area contributed by atoms with Gasteiger partial charge in [-0.25, -0.2) is 13.1 Å². The van der Waals surface area contributed by atoms with Crippen molar-refractivity contribution in [3.8, 4) is 0 Å². The minimum Gasteiger partial charge on any atom is -0.307 e. The summed E-state index contributed by atoms with van der Waals surface area (Å²) in [7, 11) is -1.07. The first kappa shape index (κ1) is 23.4. The summed E-state index contributed by atoms with van der Waals surface area (Å²) in [5.74, 6) is 1.14. The fourth-order valence-corrected chi connectivity index (χ4v) is 7.12. The number of benzene rings is 2. The Balaban J connectivity index is 1.28. The molecule has 2 aromatic carbocycles. The number of hydrogen-bond acceptors (Lipinski definition) is 6. The van der Waals surface area contributed by atoms with Gasteiger partial charge in [-0.15, -0.1) is 0 Å². The Morgan fingerprint density at radius 1 is 0.971 bits per heavy atom. The molecule has 2 fully saturated rings. The van der Waals surface area contributed by atoms with Crippen LogP contribution in [0.4, 0.5) is 0 Å². The summed E-state index contributed by atoms with van der Waals surface area (Å²) in [6, 6.07) is 21.6. The lowest BCUT2D eigenvalue weighted by molar-refractivity contribution is 0.0842. The van der Waals surface area contributed by atoms with Crippen LogP contribution in [0.25, 0.3) is 0 Å². The Morgan fingerprint density at radius 2 is 1.56 bits per heavy atom. The molecule has 0 spiro atoms. The van der Waals surface area contributed by atoms with E-state index >= 15 is 0 Å². The second kappa shape index (κ2) is 9.73. The van der Waals surface area contributed by atoms with Crippen molar-refractivity contribution in [3.63, 3.8) is 0 Å². The molecule has 0 aliphatic carbocycles. The summed E-state index contributed by atoms with van der Waals surface area (Å²) in [4.78, 5) is 4.93. The Bertz CT molecular complexity index is 1240. The van der Waals surface area contributed by atoms with Gasteiger partial charge in [0.1, 0.15) is 5.82 Å². The molecule has 0 radical (unpaired) electrons. The lowest BCUT2D eigenvalue weighted by Crippen LogP contribution is -2.48. The van der Waals surface area contributed by atoms with Crippen molar-refractivity contribution in [2.45, 2.75) is 25.0 Å². The maximum absolute atomic E-state index is 11.9. The van der Waals surface area contributed by atoms with Crippen LogP contribution < -0.4 is 0 Å². The second-order valence-corrected chi connectivity index (χ2v) is 11.9. The molecule has 9 heteroatoms. The summed E-state index contributed by atoms with van der Waals surface area (Å²) in [5, 5.41) is 4.76. The van der Waals surface area contributed by atoms with E-state index in [1.54, 1.807) is 0 Å². The molecule has 1 atom stereocenters. The van der Waals surface area contributed by atoms with Gasteiger partial charge in [-0.1, -0.05) is 60.7 Å². The number of nitrogens with zero attached hydrogens (tertiary/aromatic N) is 5. The lowest BCUT2D eigenvalue weighted by Gasteiger charge is -2.39. The maximum atomic E-state index is 11.9. The van der Waals surface area contributed by atoms with E-state index in [-0.39, 0.29) is 23.5 Å². The molecule has 1 aromatic heterocycles. The highest BCUT2D eigenvalue weighted by atomic mass is 32.2. The normalized spacial score (nSPS) is 21.3.